The second kappa shape index (κ2) is 17.4. The minimum atomic E-state index is -0.276. The molecule has 58 heavy (non-hydrogen) atoms. The molecule has 8 rings (SSSR count). The van der Waals surface area contributed by atoms with Gasteiger partial charge in [0.2, 0.25) is 5.95 Å². The fourth-order valence-corrected chi connectivity index (χ4v) is 8.64. The highest BCUT2D eigenvalue weighted by molar-refractivity contribution is 5.89. The first-order valence-electron chi connectivity index (χ1n) is 21.1. The molecule has 308 valence electrons. The Morgan fingerprint density at radius 2 is 1.69 bits per heavy atom. The number of rotatable bonds is 12. The SMILES string of the molecule is COC1CCN(CCOc2cccc(-n3nc(C(C)(C)C)cc3NC(=O)N[C@H]3CCC(COc4ccc5nnc(N6CCCC[C@@H]6C)n5c4)c4ccccc43)c2)CC1. The Hall–Kier alpha value is -5.14. The predicted molar refractivity (Wildman–Crippen MR) is 227 cm³/mol. The number of anilines is 2. The number of piperidine rings is 2. The van der Waals surface area contributed by atoms with Crippen molar-refractivity contribution in [3.8, 4) is 17.2 Å². The number of carbonyl (C=O) groups is 1. The maximum absolute atomic E-state index is 13.8. The summed E-state index contributed by atoms with van der Waals surface area (Å²) in [5.41, 5.74) is 4.60. The van der Waals surface area contributed by atoms with E-state index in [2.05, 4.69) is 80.9 Å². The van der Waals surface area contributed by atoms with E-state index in [9.17, 15) is 4.79 Å². The maximum Gasteiger partial charge on any atom is 0.320 e. The molecule has 3 aromatic heterocycles. The van der Waals surface area contributed by atoms with Crippen molar-refractivity contribution in [3.63, 3.8) is 0 Å². The van der Waals surface area contributed by atoms with Gasteiger partial charge in [0.1, 0.15) is 23.9 Å². The Morgan fingerprint density at radius 3 is 2.48 bits per heavy atom. The number of nitrogens with zero attached hydrogens (tertiary/aromatic N) is 7. The highest BCUT2D eigenvalue weighted by Gasteiger charge is 2.30. The maximum atomic E-state index is 13.8. The van der Waals surface area contributed by atoms with Crippen molar-refractivity contribution in [2.24, 2.45) is 0 Å². The molecule has 0 bridgehead atoms. The summed E-state index contributed by atoms with van der Waals surface area (Å²) in [5, 5.41) is 20.4. The Balaban J connectivity index is 0.919. The molecule has 2 saturated heterocycles. The van der Waals surface area contributed by atoms with Gasteiger partial charge in [-0.15, -0.1) is 10.2 Å². The number of hydrogen-bond donors (Lipinski definition) is 2. The van der Waals surface area contributed by atoms with Crippen molar-refractivity contribution >= 4 is 23.4 Å². The zero-order valence-electron chi connectivity index (χ0n) is 34.7. The quantitative estimate of drug-likeness (QED) is 0.130. The van der Waals surface area contributed by atoms with Crippen LogP contribution >= 0.6 is 0 Å². The number of methoxy groups -OCH3 is 1. The third-order valence-corrected chi connectivity index (χ3v) is 12.1. The summed E-state index contributed by atoms with van der Waals surface area (Å²) in [6.07, 6.45) is 9.71. The van der Waals surface area contributed by atoms with Crippen LogP contribution in [0.25, 0.3) is 11.3 Å². The number of carbonyl (C=O) groups excluding carboxylic acids is 1. The Labute approximate surface area is 342 Å². The van der Waals surface area contributed by atoms with Crippen molar-refractivity contribution in [1.82, 2.24) is 34.6 Å². The Morgan fingerprint density at radius 1 is 0.862 bits per heavy atom. The molecule has 13 heteroatoms. The molecule has 13 nitrogen and oxygen atoms in total. The lowest BCUT2D eigenvalue weighted by Crippen LogP contribution is -2.38. The molecule has 3 aliphatic rings. The summed E-state index contributed by atoms with van der Waals surface area (Å²) in [6.45, 7) is 13.6. The van der Waals surface area contributed by atoms with Gasteiger partial charge in [0, 0.05) is 62.8 Å². The summed E-state index contributed by atoms with van der Waals surface area (Å²) >= 11 is 0. The van der Waals surface area contributed by atoms with Crippen LogP contribution in [0.2, 0.25) is 0 Å². The lowest BCUT2D eigenvalue weighted by Gasteiger charge is -2.33. The number of urea groups is 1. The molecule has 5 aromatic rings. The number of pyridine rings is 1. The number of aromatic nitrogens is 5. The summed E-state index contributed by atoms with van der Waals surface area (Å²) in [6, 6.07) is 22.2. The van der Waals surface area contributed by atoms with Crippen LogP contribution in [0.5, 0.6) is 11.5 Å². The molecule has 3 atom stereocenters. The van der Waals surface area contributed by atoms with Crippen LogP contribution in [-0.4, -0.2) is 94.0 Å². The monoisotopic (exact) mass is 789 g/mol. The third kappa shape index (κ3) is 8.95. The van der Waals surface area contributed by atoms with Crippen LogP contribution in [0.4, 0.5) is 16.6 Å². The molecular formula is C45H59N9O4. The largest absolute Gasteiger partial charge is 0.492 e. The van der Waals surface area contributed by atoms with Gasteiger partial charge in [0.05, 0.1) is 36.3 Å². The smallest absolute Gasteiger partial charge is 0.320 e. The molecule has 2 fully saturated rings. The summed E-state index contributed by atoms with van der Waals surface area (Å²) in [5.74, 6) is 3.21. The first-order chi connectivity index (χ1) is 28.1. The second-order valence-corrected chi connectivity index (χ2v) is 17.2. The van der Waals surface area contributed by atoms with Crippen molar-refractivity contribution in [2.45, 2.75) is 102 Å². The number of hydrogen-bond acceptors (Lipinski definition) is 9. The van der Waals surface area contributed by atoms with Gasteiger partial charge in [-0.05, 0) is 87.3 Å². The predicted octanol–water partition coefficient (Wildman–Crippen LogP) is 7.90. The first-order valence-corrected chi connectivity index (χ1v) is 21.1. The molecule has 2 amide bonds. The van der Waals surface area contributed by atoms with E-state index >= 15 is 0 Å². The molecule has 0 spiro atoms. The Bertz CT molecular complexity index is 2170. The topological polar surface area (TPSA) is 123 Å². The van der Waals surface area contributed by atoms with Crippen molar-refractivity contribution < 1.29 is 19.0 Å². The van der Waals surface area contributed by atoms with E-state index in [1.165, 1.54) is 12.0 Å². The minimum absolute atomic E-state index is 0.148. The third-order valence-electron chi connectivity index (χ3n) is 12.1. The molecule has 2 aromatic carbocycles. The van der Waals surface area contributed by atoms with E-state index in [-0.39, 0.29) is 23.4 Å². The van der Waals surface area contributed by atoms with Crippen LogP contribution < -0.4 is 25.0 Å². The van der Waals surface area contributed by atoms with E-state index < -0.39 is 0 Å². The number of ether oxygens (including phenoxy) is 3. The lowest BCUT2D eigenvalue weighted by atomic mass is 9.80. The van der Waals surface area contributed by atoms with Crippen LogP contribution in [-0.2, 0) is 10.2 Å². The summed E-state index contributed by atoms with van der Waals surface area (Å²) in [7, 11) is 1.80. The van der Waals surface area contributed by atoms with Gasteiger partial charge in [-0.25, -0.2) is 9.48 Å². The average molecular weight is 790 g/mol. The number of likely N-dealkylation sites (tertiary alicyclic amines) is 1. The average Bonchev–Trinajstić information content (AvgIpc) is 3.86. The lowest BCUT2D eigenvalue weighted by molar-refractivity contribution is 0.0375. The molecule has 2 N–H and O–H groups in total. The van der Waals surface area contributed by atoms with Crippen molar-refractivity contribution in [3.05, 3.63) is 89.7 Å². The fraction of sp³-hybridized carbons (Fsp3) is 0.511. The van der Waals surface area contributed by atoms with Crippen molar-refractivity contribution in [2.75, 3.05) is 56.7 Å². The van der Waals surface area contributed by atoms with Gasteiger partial charge in [0.15, 0.2) is 5.65 Å². The molecule has 1 aliphatic carbocycles. The highest BCUT2D eigenvalue weighted by Crippen LogP contribution is 2.38. The zero-order chi connectivity index (χ0) is 40.2. The van der Waals surface area contributed by atoms with E-state index in [1.807, 2.05) is 54.7 Å². The van der Waals surface area contributed by atoms with E-state index in [0.717, 1.165) is 105 Å². The molecule has 0 radical (unpaired) electrons. The van der Waals surface area contributed by atoms with E-state index in [0.29, 0.717) is 31.2 Å². The second-order valence-electron chi connectivity index (χ2n) is 17.2. The number of fused-ring (bicyclic) bond motifs is 2. The molecule has 1 unspecified atom stereocenters. The fourth-order valence-electron chi connectivity index (χ4n) is 8.64. The van der Waals surface area contributed by atoms with Crippen LogP contribution in [0.15, 0.2) is 72.9 Å². The van der Waals surface area contributed by atoms with Crippen LogP contribution in [0, 0.1) is 0 Å². The van der Waals surface area contributed by atoms with E-state index in [4.69, 9.17) is 19.3 Å². The number of amides is 2. The Kier molecular flexibility index (Phi) is 11.9. The zero-order valence-corrected chi connectivity index (χ0v) is 34.7. The molecule has 0 saturated carbocycles. The number of nitrogens with one attached hydrogen (secondary N) is 2. The first kappa shape index (κ1) is 39.7. The number of benzene rings is 2. The van der Waals surface area contributed by atoms with Gasteiger partial charge in [0.25, 0.3) is 0 Å². The standard InChI is InChI=1S/C45H59N9O4/c1-31-11-8-9-22-52(31)44-49-48-41-19-17-36(29-53(41)44)58-30-32-16-18-39(38-15-7-6-14-37(32)38)46-43(55)47-42-28-40(45(2,3)4)50-54(42)33-12-10-13-35(27-33)57-26-25-51-23-20-34(56-5)21-24-51/h6-7,10,12-15,17,19,27-29,31-32,34,39H,8-9,11,16,18,20-26,30H2,1-5H3,(H2,46,47,55)/t31-,32?,39-/m0/s1. The highest BCUT2D eigenvalue weighted by atomic mass is 16.5. The normalized spacial score (nSPS) is 20.5. The van der Waals surface area contributed by atoms with Gasteiger partial charge < -0.3 is 24.4 Å². The van der Waals surface area contributed by atoms with Gasteiger partial charge in [-0.3, -0.25) is 14.6 Å². The summed E-state index contributed by atoms with van der Waals surface area (Å²) < 4.78 is 22.1. The minimum Gasteiger partial charge on any atom is -0.492 e. The molecule has 5 heterocycles. The molecular weight excluding hydrogens is 731 g/mol. The molecule has 2 aliphatic heterocycles. The van der Waals surface area contributed by atoms with Gasteiger partial charge in [-0.1, -0.05) is 51.1 Å². The van der Waals surface area contributed by atoms with Crippen LogP contribution in [0.1, 0.15) is 101 Å². The van der Waals surface area contributed by atoms with Gasteiger partial charge >= 0.3 is 6.03 Å². The summed E-state index contributed by atoms with van der Waals surface area (Å²) in [4.78, 5) is 18.6. The van der Waals surface area contributed by atoms with Crippen LogP contribution in [0.3, 0.4) is 0 Å². The van der Waals surface area contributed by atoms with E-state index in [1.54, 1.807) is 11.8 Å². The van der Waals surface area contributed by atoms with Crippen molar-refractivity contribution in [1.29, 1.82) is 0 Å². The van der Waals surface area contributed by atoms with Gasteiger partial charge in [-0.2, -0.15) is 5.10 Å².